The lowest BCUT2D eigenvalue weighted by atomic mass is 10.2. The van der Waals surface area contributed by atoms with Crippen molar-refractivity contribution in [3.63, 3.8) is 0 Å². The first-order valence-corrected chi connectivity index (χ1v) is 6.33. The smallest absolute Gasteiger partial charge is 0.269 e. The molecule has 4 nitrogen and oxygen atoms in total. The van der Waals surface area contributed by atoms with E-state index in [1.807, 2.05) is 0 Å². The summed E-state index contributed by atoms with van der Waals surface area (Å²) in [6.07, 6.45) is 8.60. The van der Waals surface area contributed by atoms with Crippen molar-refractivity contribution in [2.45, 2.75) is 57.5 Å². The van der Waals surface area contributed by atoms with Crippen molar-refractivity contribution in [1.29, 1.82) is 0 Å². The van der Waals surface area contributed by atoms with Gasteiger partial charge in [-0.2, -0.15) is 5.10 Å². The molecule has 4 heteroatoms. The van der Waals surface area contributed by atoms with Crippen molar-refractivity contribution in [2.75, 3.05) is 6.61 Å². The van der Waals surface area contributed by atoms with Crippen LogP contribution in [0.15, 0.2) is 5.10 Å². The summed E-state index contributed by atoms with van der Waals surface area (Å²) in [5, 5.41) is 4.22. The van der Waals surface area contributed by atoms with Gasteiger partial charge < -0.3 is 4.74 Å². The van der Waals surface area contributed by atoms with Gasteiger partial charge in [-0.1, -0.05) is 12.8 Å². The summed E-state index contributed by atoms with van der Waals surface area (Å²) in [6.45, 7) is 0.703. The molecule has 2 fully saturated rings. The van der Waals surface area contributed by atoms with Gasteiger partial charge in [-0.25, -0.2) is 5.43 Å². The Morgan fingerprint density at radius 1 is 1.19 bits per heavy atom. The third kappa shape index (κ3) is 3.30. The van der Waals surface area contributed by atoms with E-state index in [1.54, 1.807) is 0 Å². The molecule has 0 aromatic carbocycles. The third-order valence-electron chi connectivity index (χ3n) is 3.23. The van der Waals surface area contributed by atoms with Crippen LogP contribution in [0, 0.1) is 0 Å². The number of ether oxygens (including phenoxy) is 1. The van der Waals surface area contributed by atoms with E-state index in [1.165, 1.54) is 25.7 Å². The monoisotopic (exact) mass is 224 g/mol. The molecule has 1 saturated heterocycles. The van der Waals surface area contributed by atoms with E-state index in [0.29, 0.717) is 6.61 Å². The maximum absolute atomic E-state index is 11.6. The summed E-state index contributed by atoms with van der Waals surface area (Å²) in [6, 6.07) is 0. The Hall–Kier alpha value is -0.900. The fourth-order valence-corrected chi connectivity index (χ4v) is 2.24. The van der Waals surface area contributed by atoms with E-state index in [-0.39, 0.29) is 12.0 Å². The lowest BCUT2D eigenvalue weighted by Gasteiger charge is -2.08. The molecule has 1 aliphatic carbocycles. The van der Waals surface area contributed by atoms with Gasteiger partial charge in [-0.3, -0.25) is 4.79 Å². The molecule has 2 aliphatic rings. The summed E-state index contributed by atoms with van der Waals surface area (Å²) in [7, 11) is 0. The first-order valence-electron chi connectivity index (χ1n) is 6.33. The number of nitrogens with one attached hydrogen (secondary N) is 1. The number of hydrogen-bond acceptors (Lipinski definition) is 3. The van der Waals surface area contributed by atoms with Gasteiger partial charge in [0.2, 0.25) is 0 Å². The molecule has 0 bridgehead atoms. The van der Waals surface area contributed by atoms with Crippen molar-refractivity contribution < 1.29 is 9.53 Å². The maximum atomic E-state index is 11.6. The van der Waals surface area contributed by atoms with Gasteiger partial charge in [-0.05, 0) is 38.5 Å². The van der Waals surface area contributed by atoms with Crippen molar-refractivity contribution in [3.05, 3.63) is 0 Å². The molecule has 1 aliphatic heterocycles. The van der Waals surface area contributed by atoms with E-state index in [2.05, 4.69) is 10.5 Å². The Labute approximate surface area is 96.4 Å². The molecule has 0 unspecified atom stereocenters. The first kappa shape index (κ1) is 11.6. The zero-order valence-electron chi connectivity index (χ0n) is 9.71. The second kappa shape index (κ2) is 5.99. The average molecular weight is 224 g/mol. The molecular formula is C12H20N2O2. The summed E-state index contributed by atoms with van der Waals surface area (Å²) in [5.74, 6) is -0.0748. The number of nitrogens with zero attached hydrogens (tertiary/aromatic N) is 1. The standard InChI is InChI=1S/C12H20N2O2/c15-12(11-8-5-9-16-11)14-13-10-6-3-1-2-4-7-10/h11H,1-9H2,(H,14,15)/t11-/m1/s1. The Balaban J connectivity index is 1.79. The fourth-order valence-electron chi connectivity index (χ4n) is 2.24. The van der Waals surface area contributed by atoms with Gasteiger partial charge in [0.1, 0.15) is 6.10 Å². The quantitative estimate of drug-likeness (QED) is 0.576. The van der Waals surface area contributed by atoms with Crippen molar-refractivity contribution in [1.82, 2.24) is 5.43 Å². The normalized spacial score (nSPS) is 26.2. The van der Waals surface area contributed by atoms with Crippen LogP contribution in [0.4, 0.5) is 0 Å². The SMILES string of the molecule is O=C(NN=C1CCCCCC1)[C@H]1CCCO1. The van der Waals surface area contributed by atoms with Crippen LogP contribution in [0.2, 0.25) is 0 Å². The highest BCUT2D eigenvalue weighted by molar-refractivity contribution is 5.87. The van der Waals surface area contributed by atoms with Crippen LogP contribution in [-0.4, -0.2) is 24.3 Å². The summed E-state index contributed by atoms with van der Waals surface area (Å²) >= 11 is 0. The predicted molar refractivity (Wildman–Crippen MR) is 62.3 cm³/mol. The molecule has 0 spiro atoms. The molecule has 1 heterocycles. The molecule has 0 aromatic heterocycles. The molecule has 16 heavy (non-hydrogen) atoms. The van der Waals surface area contributed by atoms with Gasteiger partial charge in [0, 0.05) is 12.3 Å². The van der Waals surface area contributed by atoms with Crippen LogP contribution in [0.1, 0.15) is 51.4 Å². The molecule has 0 radical (unpaired) electrons. The summed E-state index contributed by atoms with van der Waals surface area (Å²) in [4.78, 5) is 11.6. The van der Waals surface area contributed by atoms with E-state index in [9.17, 15) is 4.79 Å². The highest BCUT2D eigenvalue weighted by Crippen LogP contribution is 2.15. The number of hydrogen-bond donors (Lipinski definition) is 1. The second-order valence-corrected chi connectivity index (χ2v) is 4.57. The van der Waals surface area contributed by atoms with Crippen LogP contribution in [-0.2, 0) is 9.53 Å². The Morgan fingerprint density at radius 3 is 2.56 bits per heavy atom. The molecule has 1 saturated carbocycles. The average Bonchev–Trinajstić information content (AvgIpc) is 2.71. The Morgan fingerprint density at radius 2 is 1.94 bits per heavy atom. The Bertz CT molecular complexity index is 260. The molecule has 1 atom stereocenters. The van der Waals surface area contributed by atoms with Crippen LogP contribution in [0.25, 0.3) is 0 Å². The lowest BCUT2D eigenvalue weighted by Crippen LogP contribution is -2.31. The zero-order valence-corrected chi connectivity index (χ0v) is 9.71. The number of amides is 1. The molecule has 1 amide bonds. The van der Waals surface area contributed by atoms with Crippen molar-refractivity contribution >= 4 is 11.6 Å². The fraction of sp³-hybridized carbons (Fsp3) is 0.833. The number of hydrazone groups is 1. The third-order valence-corrected chi connectivity index (χ3v) is 3.23. The number of carbonyl (C=O) groups is 1. The van der Waals surface area contributed by atoms with Gasteiger partial charge in [-0.15, -0.1) is 0 Å². The van der Waals surface area contributed by atoms with Crippen molar-refractivity contribution in [2.24, 2.45) is 5.10 Å². The molecule has 0 aromatic rings. The highest BCUT2D eigenvalue weighted by Gasteiger charge is 2.23. The van der Waals surface area contributed by atoms with E-state index in [4.69, 9.17) is 4.74 Å². The van der Waals surface area contributed by atoms with Gasteiger partial charge in [0.25, 0.3) is 5.91 Å². The summed E-state index contributed by atoms with van der Waals surface area (Å²) in [5.41, 5.74) is 3.79. The molecular weight excluding hydrogens is 204 g/mol. The maximum Gasteiger partial charge on any atom is 0.269 e. The largest absolute Gasteiger partial charge is 0.368 e. The summed E-state index contributed by atoms with van der Waals surface area (Å²) < 4.78 is 5.30. The number of rotatable bonds is 2. The van der Waals surface area contributed by atoms with E-state index < -0.39 is 0 Å². The molecule has 2 rings (SSSR count). The van der Waals surface area contributed by atoms with E-state index >= 15 is 0 Å². The van der Waals surface area contributed by atoms with Crippen LogP contribution in [0.3, 0.4) is 0 Å². The highest BCUT2D eigenvalue weighted by atomic mass is 16.5. The van der Waals surface area contributed by atoms with Crippen molar-refractivity contribution in [3.8, 4) is 0 Å². The van der Waals surface area contributed by atoms with Gasteiger partial charge in [0.05, 0.1) is 0 Å². The topological polar surface area (TPSA) is 50.7 Å². The van der Waals surface area contributed by atoms with Crippen LogP contribution >= 0.6 is 0 Å². The predicted octanol–water partition coefficient (Wildman–Crippen LogP) is 1.99. The second-order valence-electron chi connectivity index (χ2n) is 4.57. The minimum atomic E-state index is -0.268. The zero-order chi connectivity index (χ0) is 11.2. The minimum absolute atomic E-state index is 0.0748. The molecule has 1 N–H and O–H groups in total. The Kier molecular flexibility index (Phi) is 4.34. The molecule has 90 valence electrons. The van der Waals surface area contributed by atoms with Crippen LogP contribution in [0.5, 0.6) is 0 Å². The van der Waals surface area contributed by atoms with Gasteiger partial charge in [0.15, 0.2) is 0 Å². The first-order chi connectivity index (χ1) is 7.86. The van der Waals surface area contributed by atoms with Gasteiger partial charge >= 0.3 is 0 Å². The van der Waals surface area contributed by atoms with Crippen LogP contribution < -0.4 is 5.43 Å². The number of carbonyl (C=O) groups excluding carboxylic acids is 1. The van der Waals surface area contributed by atoms with E-state index in [0.717, 1.165) is 31.4 Å². The lowest BCUT2D eigenvalue weighted by molar-refractivity contribution is -0.130. The minimum Gasteiger partial charge on any atom is -0.368 e.